The van der Waals surface area contributed by atoms with E-state index < -0.39 is 0 Å². The zero-order valence-electron chi connectivity index (χ0n) is 11.1. The SMILES string of the molecule is C=C(C)C(=O)Nc1ncc(-c2ccccc2)cc1C=O. The lowest BCUT2D eigenvalue weighted by atomic mass is 10.1. The fourth-order valence-electron chi connectivity index (χ4n) is 1.68. The number of hydrogen-bond acceptors (Lipinski definition) is 3. The highest BCUT2D eigenvalue weighted by Gasteiger charge is 2.10. The first-order valence-electron chi connectivity index (χ1n) is 6.09. The van der Waals surface area contributed by atoms with E-state index in [0.717, 1.165) is 11.1 Å². The summed E-state index contributed by atoms with van der Waals surface area (Å²) < 4.78 is 0. The fraction of sp³-hybridized carbons (Fsp3) is 0.0625. The molecule has 4 heteroatoms. The summed E-state index contributed by atoms with van der Waals surface area (Å²) in [6.45, 7) is 5.14. The fourth-order valence-corrected chi connectivity index (χ4v) is 1.68. The van der Waals surface area contributed by atoms with Crippen LogP contribution in [0, 0.1) is 0 Å². The summed E-state index contributed by atoms with van der Waals surface area (Å²) in [4.78, 5) is 26.9. The molecule has 0 aliphatic carbocycles. The molecule has 0 saturated carbocycles. The van der Waals surface area contributed by atoms with Gasteiger partial charge in [-0.1, -0.05) is 36.9 Å². The number of nitrogens with zero attached hydrogens (tertiary/aromatic N) is 1. The van der Waals surface area contributed by atoms with Gasteiger partial charge in [0, 0.05) is 17.3 Å². The number of pyridine rings is 1. The quantitative estimate of drug-likeness (QED) is 0.683. The highest BCUT2D eigenvalue weighted by molar-refractivity contribution is 6.04. The van der Waals surface area contributed by atoms with Crippen LogP contribution in [-0.4, -0.2) is 17.2 Å². The summed E-state index contributed by atoms with van der Waals surface area (Å²) in [5, 5.41) is 2.56. The van der Waals surface area contributed by atoms with Gasteiger partial charge in [-0.3, -0.25) is 9.59 Å². The minimum Gasteiger partial charge on any atom is -0.306 e. The van der Waals surface area contributed by atoms with Gasteiger partial charge in [-0.05, 0) is 18.6 Å². The summed E-state index contributed by atoms with van der Waals surface area (Å²) in [6, 6.07) is 11.3. The molecule has 1 N–H and O–H groups in total. The van der Waals surface area contributed by atoms with Crippen LogP contribution in [0.1, 0.15) is 17.3 Å². The average molecular weight is 266 g/mol. The minimum atomic E-state index is -0.354. The van der Waals surface area contributed by atoms with E-state index in [1.54, 1.807) is 19.2 Å². The van der Waals surface area contributed by atoms with E-state index in [1.165, 1.54) is 0 Å². The van der Waals surface area contributed by atoms with Crippen molar-refractivity contribution in [2.45, 2.75) is 6.92 Å². The largest absolute Gasteiger partial charge is 0.306 e. The molecule has 4 nitrogen and oxygen atoms in total. The summed E-state index contributed by atoms with van der Waals surface area (Å²) >= 11 is 0. The van der Waals surface area contributed by atoms with Crippen molar-refractivity contribution in [3.05, 3.63) is 60.3 Å². The number of aldehydes is 1. The van der Waals surface area contributed by atoms with Crippen LogP contribution >= 0.6 is 0 Å². The van der Waals surface area contributed by atoms with Gasteiger partial charge >= 0.3 is 0 Å². The van der Waals surface area contributed by atoms with E-state index in [0.29, 0.717) is 17.4 Å². The zero-order chi connectivity index (χ0) is 14.5. The second-order valence-corrected chi connectivity index (χ2v) is 4.38. The molecule has 1 heterocycles. The van der Waals surface area contributed by atoms with Crippen molar-refractivity contribution in [2.75, 3.05) is 5.32 Å². The lowest BCUT2D eigenvalue weighted by molar-refractivity contribution is -0.112. The Morgan fingerprint density at radius 2 is 1.95 bits per heavy atom. The van der Waals surface area contributed by atoms with Crippen LogP contribution in [0.25, 0.3) is 11.1 Å². The molecule has 1 amide bonds. The Morgan fingerprint density at radius 1 is 1.25 bits per heavy atom. The second kappa shape index (κ2) is 5.93. The molecule has 1 aromatic heterocycles. The van der Waals surface area contributed by atoms with Crippen LogP contribution in [0.3, 0.4) is 0 Å². The highest BCUT2D eigenvalue weighted by Crippen LogP contribution is 2.22. The smallest absolute Gasteiger partial charge is 0.251 e. The maximum atomic E-state index is 11.6. The average Bonchev–Trinajstić information content (AvgIpc) is 2.48. The van der Waals surface area contributed by atoms with Gasteiger partial charge in [-0.15, -0.1) is 0 Å². The number of amides is 1. The Kier molecular flexibility index (Phi) is 4.05. The molecule has 0 aliphatic rings. The first kappa shape index (κ1) is 13.7. The molecule has 100 valence electrons. The first-order chi connectivity index (χ1) is 9.61. The summed E-state index contributed by atoms with van der Waals surface area (Å²) in [7, 11) is 0. The van der Waals surface area contributed by atoms with Crippen LogP contribution in [-0.2, 0) is 4.79 Å². The van der Waals surface area contributed by atoms with Crippen molar-refractivity contribution in [2.24, 2.45) is 0 Å². The monoisotopic (exact) mass is 266 g/mol. The van der Waals surface area contributed by atoms with Crippen molar-refractivity contribution >= 4 is 18.0 Å². The third-order valence-corrected chi connectivity index (χ3v) is 2.77. The maximum Gasteiger partial charge on any atom is 0.251 e. The minimum absolute atomic E-state index is 0.243. The molecule has 0 radical (unpaired) electrons. The number of hydrogen-bond donors (Lipinski definition) is 1. The summed E-state index contributed by atoms with van der Waals surface area (Å²) in [6.07, 6.45) is 2.30. The van der Waals surface area contributed by atoms with Gasteiger partial charge in [0.1, 0.15) is 5.82 Å². The van der Waals surface area contributed by atoms with Gasteiger partial charge in [0.2, 0.25) is 0 Å². The Morgan fingerprint density at radius 3 is 2.55 bits per heavy atom. The molecule has 0 bridgehead atoms. The molecule has 0 aliphatic heterocycles. The lowest BCUT2D eigenvalue weighted by Gasteiger charge is -2.08. The van der Waals surface area contributed by atoms with Crippen molar-refractivity contribution < 1.29 is 9.59 Å². The van der Waals surface area contributed by atoms with E-state index in [9.17, 15) is 9.59 Å². The molecule has 20 heavy (non-hydrogen) atoms. The van der Waals surface area contributed by atoms with Crippen molar-refractivity contribution in [3.8, 4) is 11.1 Å². The molecule has 1 aromatic carbocycles. The molecule has 0 spiro atoms. The molecule has 2 rings (SSSR count). The maximum absolute atomic E-state index is 11.6. The summed E-state index contributed by atoms with van der Waals surface area (Å²) in [5.41, 5.74) is 2.47. The molecular formula is C16H14N2O2. The van der Waals surface area contributed by atoms with Crippen molar-refractivity contribution in [1.82, 2.24) is 4.98 Å². The Hall–Kier alpha value is -2.75. The second-order valence-electron chi connectivity index (χ2n) is 4.38. The van der Waals surface area contributed by atoms with E-state index in [-0.39, 0.29) is 11.7 Å². The van der Waals surface area contributed by atoms with Gasteiger partial charge in [0.25, 0.3) is 5.91 Å². The predicted octanol–water partition coefficient (Wildman–Crippen LogP) is 3.08. The normalized spacial score (nSPS) is 9.85. The van der Waals surface area contributed by atoms with Gasteiger partial charge in [-0.2, -0.15) is 0 Å². The van der Waals surface area contributed by atoms with Crippen LogP contribution < -0.4 is 5.32 Å². The topological polar surface area (TPSA) is 59.1 Å². The number of rotatable bonds is 4. The van der Waals surface area contributed by atoms with Crippen LogP contribution in [0.2, 0.25) is 0 Å². The van der Waals surface area contributed by atoms with Crippen LogP contribution in [0.15, 0.2) is 54.7 Å². The molecule has 2 aromatic rings. The first-order valence-corrected chi connectivity index (χ1v) is 6.09. The predicted molar refractivity (Wildman–Crippen MR) is 78.5 cm³/mol. The number of nitrogens with one attached hydrogen (secondary N) is 1. The van der Waals surface area contributed by atoms with Gasteiger partial charge in [0.15, 0.2) is 6.29 Å². The third-order valence-electron chi connectivity index (χ3n) is 2.77. The molecule has 0 atom stereocenters. The standard InChI is InChI=1S/C16H14N2O2/c1-11(2)16(20)18-15-14(10-19)8-13(9-17-15)12-6-4-3-5-7-12/h3-10H,1H2,2H3,(H,17,18,20). The van der Waals surface area contributed by atoms with Crippen LogP contribution in [0.5, 0.6) is 0 Å². The molecule has 0 saturated heterocycles. The van der Waals surface area contributed by atoms with E-state index in [4.69, 9.17) is 0 Å². The zero-order valence-corrected chi connectivity index (χ0v) is 11.1. The lowest BCUT2D eigenvalue weighted by Crippen LogP contribution is -2.14. The van der Waals surface area contributed by atoms with Crippen molar-refractivity contribution in [1.29, 1.82) is 0 Å². The number of anilines is 1. The Balaban J connectivity index is 2.36. The number of benzene rings is 1. The molecule has 0 fully saturated rings. The van der Waals surface area contributed by atoms with Gasteiger partial charge in [0.05, 0.1) is 5.56 Å². The Labute approximate surface area is 117 Å². The molecule has 0 unspecified atom stereocenters. The number of carbonyl (C=O) groups excluding carboxylic acids is 2. The number of carbonyl (C=O) groups is 2. The summed E-state index contributed by atoms with van der Waals surface area (Å²) in [5.74, 6) is -0.110. The Bertz CT molecular complexity index is 663. The van der Waals surface area contributed by atoms with Gasteiger partial charge in [-0.25, -0.2) is 4.98 Å². The van der Waals surface area contributed by atoms with Crippen molar-refractivity contribution in [3.63, 3.8) is 0 Å². The van der Waals surface area contributed by atoms with Crippen LogP contribution in [0.4, 0.5) is 5.82 Å². The van der Waals surface area contributed by atoms with E-state index >= 15 is 0 Å². The van der Waals surface area contributed by atoms with E-state index in [2.05, 4.69) is 16.9 Å². The van der Waals surface area contributed by atoms with Gasteiger partial charge < -0.3 is 5.32 Å². The third kappa shape index (κ3) is 2.98. The number of aromatic nitrogens is 1. The highest BCUT2D eigenvalue weighted by atomic mass is 16.1. The molecular weight excluding hydrogens is 252 g/mol. The van der Waals surface area contributed by atoms with E-state index in [1.807, 2.05) is 30.3 Å².